The van der Waals surface area contributed by atoms with E-state index < -0.39 is 17.8 Å². The van der Waals surface area contributed by atoms with Crippen LogP contribution in [-0.4, -0.2) is 29.4 Å². The summed E-state index contributed by atoms with van der Waals surface area (Å²) in [5.74, 6) is -1.82. The smallest absolute Gasteiger partial charge is 0.311 e. The maximum absolute atomic E-state index is 12.1. The summed E-state index contributed by atoms with van der Waals surface area (Å²) < 4.78 is 5.24. The van der Waals surface area contributed by atoms with Crippen LogP contribution in [-0.2, 0) is 19.1 Å². The van der Waals surface area contributed by atoms with Gasteiger partial charge in [-0.05, 0) is 31.3 Å². The van der Waals surface area contributed by atoms with E-state index >= 15 is 0 Å². The number of allylic oxidation sites excluding steroid dienone is 1. The molecular formula is C15H17Cl2NO4. The number of esters is 1. The number of hydrogen-bond acceptors (Lipinski definition) is 4. The minimum Gasteiger partial charge on any atom is -0.443 e. The number of hydrogen-bond donors (Lipinski definition) is 0. The largest absolute Gasteiger partial charge is 0.443 e. The van der Waals surface area contributed by atoms with Crippen molar-refractivity contribution in [2.45, 2.75) is 27.7 Å². The number of carbonyl (C=O) groups is 3. The summed E-state index contributed by atoms with van der Waals surface area (Å²) in [5, 5.41) is 0. The molecule has 5 nitrogen and oxygen atoms in total. The van der Waals surface area contributed by atoms with Gasteiger partial charge in [-0.1, -0.05) is 37.0 Å². The number of imide groups is 1. The highest BCUT2D eigenvalue weighted by molar-refractivity contribution is 6.55. The predicted octanol–water partition coefficient (Wildman–Crippen LogP) is 2.78. The van der Waals surface area contributed by atoms with Gasteiger partial charge in [0, 0.05) is 11.1 Å². The van der Waals surface area contributed by atoms with E-state index in [1.54, 1.807) is 19.9 Å². The van der Waals surface area contributed by atoms with Crippen molar-refractivity contribution in [3.05, 3.63) is 21.7 Å². The lowest BCUT2D eigenvalue weighted by Crippen LogP contribution is -2.35. The molecule has 0 spiro atoms. The Morgan fingerprint density at radius 1 is 1.23 bits per heavy atom. The Balaban J connectivity index is 1.97. The van der Waals surface area contributed by atoms with Gasteiger partial charge in [-0.25, -0.2) is 4.90 Å². The zero-order valence-electron chi connectivity index (χ0n) is 12.8. The summed E-state index contributed by atoms with van der Waals surface area (Å²) in [7, 11) is 0. The molecule has 0 aromatic carbocycles. The highest BCUT2D eigenvalue weighted by Crippen LogP contribution is 2.60. The number of carbonyl (C=O) groups excluding carboxylic acids is 3. The topological polar surface area (TPSA) is 63.7 Å². The van der Waals surface area contributed by atoms with Gasteiger partial charge in [0.05, 0.1) is 5.92 Å². The van der Waals surface area contributed by atoms with Crippen molar-refractivity contribution in [1.29, 1.82) is 0 Å². The Morgan fingerprint density at radius 3 is 2.18 bits per heavy atom. The molecule has 2 atom stereocenters. The first kappa shape index (κ1) is 17.0. The zero-order valence-corrected chi connectivity index (χ0v) is 14.3. The van der Waals surface area contributed by atoms with Crippen molar-refractivity contribution < 1.29 is 19.1 Å². The van der Waals surface area contributed by atoms with Gasteiger partial charge in [-0.2, -0.15) is 0 Å². The van der Waals surface area contributed by atoms with E-state index in [4.69, 9.17) is 27.9 Å². The number of nitrogens with zero attached hydrogens (tertiary/aromatic N) is 1. The first-order valence-electron chi connectivity index (χ1n) is 6.82. The normalized spacial score (nSPS) is 26.4. The molecule has 22 heavy (non-hydrogen) atoms. The first-order chi connectivity index (χ1) is 10.1. The molecule has 7 heteroatoms. The van der Waals surface area contributed by atoms with E-state index in [1.807, 2.05) is 13.8 Å². The standard InChI is InChI=1S/C15H17Cl2NO4/c1-7-8(2)13(20)18(12(7)19)6-22-14(21)11-9(5-10(16)17)15(11,3)4/h5,9,11H,6H2,1-4H3. The van der Waals surface area contributed by atoms with Crippen LogP contribution in [0.4, 0.5) is 0 Å². The monoisotopic (exact) mass is 345 g/mol. The molecule has 0 aromatic heterocycles. The van der Waals surface area contributed by atoms with E-state index in [9.17, 15) is 14.4 Å². The van der Waals surface area contributed by atoms with Crippen LogP contribution in [0.2, 0.25) is 0 Å². The molecule has 2 unspecified atom stereocenters. The third kappa shape index (κ3) is 2.79. The third-order valence-corrected chi connectivity index (χ3v) is 4.75. The SMILES string of the molecule is CC1=C(C)C(=O)N(COC(=O)C2C(C=C(Cl)Cl)C2(C)C)C1=O. The number of ether oxygens (including phenoxy) is 1. The molecule has 1 aliphatic carbocycles. The molecule has 1 fully saturated rings. The van der Waals surface area contributed by atoms with E-state index in [1.165, 1.54) is 0 Å². The molecule has 0 bridgehead atoms. The highest BCUT2D eigenvalue weighted by atomic mass is 35.5. The Morgan fingerprint density at radius 2 is 1.73 bits per heavy atom. The molecule has 0 radical (unpaired) electrons. The second-order valence-corrected chi connectivity index (χ2v) is 7.17. The molecule has 0 aromatic rings. The van der Waals surface area contributed by atoms with Crippen LogP contribution in [0.5, 0.6) is 0 Å². The van der Waals surface area contributed by atoms with E-state index in [2.05, 4.69) is 0 Å². The summed E-state index contributed by atoms with van der Waals surface area (Å²) in [6.07, 6.45) is 1.61. The van der Waals surface area contributed by atoms with Gasteiger partial charge >= 0.3 is 5.97 Å². The first-order valence-corrected chi connectivity index (χ1v) is 7.57. The molecule has 0 N–H and O–H groups in total. The zero-order chi connectivity index (χ0) is 16.8. The molecule has 2 rings (SSSR count). The second kappa shape index (κ2) is 5.70. The highest BCUT2D eigenvalue weighted by Gasteiger charge is 2.61. The van der Waals surface area contributed by atoms with Crippen LogP contribution in [0.25, 0.3) is 0 Å². The summed E-state index contributed by atoms with van der Waals surface area (Å²) in [5.41, 5.74) is 0.444. The lowest BCUT2D eigenvalue weighted by Gasteiger charge is -2.15. The molecule has 120 valence electrons. The average molecular weight is 346 g/mol. The lowest BCUT2D eigenvalue weighted by molar-refractivity contribution is -0.156. The number of rotatable bonds is 4. The lowest BCUT2D eigenvalue weighted by atomic mass is 10.1. The third-order valence-electron chi connectivity index (χ3n) is 4.50. The van der Waals surface area contributed by atoms with E-state index in [0.717, 1.165) is 4.90 Å². The van der Waals surface area contributed by atoms with Crippen LogP contribution < -0.4 is 0 Å². The maximum atomic E-state index is 12.1. The fraction of sp³-hybridized carbons (Fsp3) is 0.533. The van der Waals surface area contributed by atoms with Crippen LogP contribution in [0.3, 0.4) is 0 Å². The molecular weight excluding hydrogens is 329 g/mol. The van der Waals surface area contributed by atoms with Crippen molar-refractivity contribution in [3.8, 4) is 0 Å². The molecule has 1 aliphatic heterocycles. The Hall–Kier alpha value is -1.33. The summed E-state index contributed by atoms with van der Waals surface area (Å²) in [4.78, 5) is 36.8. The Kier molecular flexibility index (Phi) is 4.42. The van der Waals surface area contributed by atoms with Gasteiger partial charge in [-0.15, -0.1) is 0 Å². The van der Waals surface area contributed by atoms with Crippen molar-refractivity contribution in [2.75, 3.05) is 6.73 Å². The van der Waals surface area contributed by atoms with Gasteiger partial charge in [0.25, 0.3) is 11.8 Å². The quantitative estimate of drug-likeness (QED) is 0.580. The molecule has 1 saturated carbocycles. The second-order valence-electron chi connectivity index (χ2n) is 6.16. The fourth-order valence-electron chi connectivity index (χ4n) is 2.73. The summed E-state index contributed by atoms with van der Waals surface area (Å²) in [6, 6.07) is 0. The number of halogens is 2. The minimum absolute atomic E-state index is 0.105. The van der Waals surface area contributed by atoms with Gasteiger partial charge in [0.1, 0.15) is 4.49 Å². The van der Waals surface area contributed by atoms with Gasteiger partial charge in [0.15, 0.2) is 6.73 Å². The van der Waals surface area contributed by atoms with Gasteiger partial charge < -0.3 is 4.74 Å². The van der Waals surface area contributed by atoms with E-state index in [0.29, 0.717) is 11.1 Å². The van der Waals surface area contributed by atoms with Crippen LogP contribution in [0, 0.1) is 17.3 Å². The molecule has 2 aliphatic rings. The number of amides is 2. The van der Waals surface area contributed by atoms with Crippen LogP contribution in [0.1, 0.15) is 27.7 Å². The maximum Gasteiger partial charge on any atom is 0.311 e. The van der Waals surface area contributed by atoms with Crippen molar-refractivity contribution in [3.63, 3.8) is 0 Å². The molecule has 1 heterocycles. The minimum atomic E-state index is -0.469. The summed E-state index contributed by atoms with van der Waals surface area (Å²) >= 11 is 11.3. The predicted molar refractivity (Wildman–Crippen MR) is 81.7 cm³/mol. The average Bonchev–Trinajstić information content (AvgIpc) is 2.89. The fourth-order valence-corrected chi connectivity index (χ4v) is 3.00. The molecule has 0 saturated heterocycles. The van der Waals surface area contributed by atoms with Crippen molar-refractivity contribution in [2.24, 2.45) is 17.3 Å². The van der Waals surface area contributed by atoms with Gasteiger partial charge in [0.2, 0.25) is 0 Å². The van der Waals surface area contributed by atoms with Crippen molar-refractivity contribution in [1.82, 2.24) is 4.90 Å². The summed E-state index contributed by atoms with van der Waals surface area (Å²) in [6.45, 7) is 6.58. The van der Waals surface area contributed by atoms with Crippen LogP contribution >= 0.6 is 23.2 Å². The van der Waals surface area contributed by atoms with Crippen LogP contribution in [0.15, 0.2) is 21.7 Å². The van der Waals surface area contributed by atoms with Gasteiger partial charge in [-0.3, -0.25) is 14.4 Å². The van der Waals surface area contributed by atoms with E-state index in [-0.39, 0.29) is 28.5 Å². The molecule has 2 amide bonds. The van der Waals surface area contributed by atoms with Crippen molar-refractivity contribution >= 4 is 41.0 Å². The Bertz CT molecular complexity index is 593. The Labute approximate surface area is 138 Å².